The molecule has 0 spiro atoms. The van der Waals surface area contributed by atoms with Gasteiger partial charge in [-0.05, 0) is 50.0 Å². The number of likely N-dealkylation sites (tertiary alicyclic amines) is 1. The van der Waals surface area contributed by atoms with Gasteiger partial charge in [0, 0.05) is 18.7 Å². The number of ether oxygens (including phenoxy) is 2. The van der Waals surface area contributed by atoms with Crippen LogP contribution < -0.4 is 14.8 Å². The minimum absolute atomic E-state index is 0.0670. The van der Waals surface area contributed by atoms with Gasteiger partial charge in [-0.15, -0.1) is 0 Å². The molecule has 0 aliphatic carbocycles. The molecular weight excluding hydrogens is 292 g/mol. The van der Waals surface area contributed by atoms with Crippen molar-refractivity contribution in [3.63, 3.8) is 0 Å². The van der Waals surface area contributed by atoms with Crippen LogP contribution in [0.25, 0.3) is 0 Å². The lowest BCUT2D eigenvalue weighted by atomic mass is 10.1. The van der Waals surface area contributed by atoms with Gasteiger partial charge in [0.1, 0.15) is 0 Å². The summed E-state index contributed by atoms with van der Waals surface area (Å²) < 4.78 is 11.1. The van der Waals surface area contributed by atoms with Crippen molar-refractivity contribution in [2.24, 2.45) is 11.8 Å². The van der Waals surface area contributed by atoms with E-state index in [4.69, 9.17) is 9.47 Å². The lowest BCUT2D eigenvalue weighted by Crippen LogP contribution is -2.30. The molecule has 0 bridgehead atoms. The van der Waals surface area contributed by atoms with Crippen molar-refractivity contribution < 1.29 is 14.3 Å². The van der Waals surface area contributed by atoms with Gasteiger partial charge in [-0.3, -0.25) is 4.79 Å². The van der Waals surface area contributed by atoms with E-state index in [1.54, 1.807) is 13.2 Å². The third-order valence-electron chi connectivity index (χ3n) is 4.05. The molecule has 0 saturated carbocycles. The second-order valence-corrected chi connectivity index (χ2v) is 6.53. The SMILES string of the molecule is CNC[C@H]1CCN(C(=O)c2ccc(OCC(C)C)c(OC)c2)C1. The molecule has 1 saturated heterocycles. The molecule has 1 aliphatic heterocycles. The second kappa shape index (κ2) is 8.20. The highest BCUT2D eigenvalue weighted by Crippen LogP contribution is 2.29. The first-order valence-corrected chi connectivity index (χ1v) is 8.29. The van der Waals surface area contributed by atoms with Crippen molar-refractivity contribution >= 4 is 5.91 Å². The fourth-order valence-electron chi connectivity index (χ4n) is 2.83. The van der Waals surface area contributed by atoms with Crippen molar-refractivity contribution in [2.75, 3.05) is 40.4 Å². The number of hydrogen-bond acceptors (Lipinski definition) is 4. The molecule has 128 valence electrons. The first-order valence-electron chi connectivity index (χ1n) is 8.29. The summed E-state index contributed by atoms with van der Waals surface area (Å²) in [5, 5.41) is 3.18. The highest BCUT2D eigenvalue weighted by molar-refractivity contribution is 5.95. The molecule has 23 heavy (non-hydrogen) atoms. The number of nitrogens with one attached hydrogen (secondary N) is 1. The Bertz CT molecular complexity index is 531. The second-order valence-electron chi connectivity index (χ2n) is 6.53. The van der Waals surface area contributed by atoms with Crippen LogP contribution in [0.4, 0.5) is 0 Å². The summed E-state index contributed by atoms with van der Waals surface area (Å²) in [6.07, 6.45) is 1.05. The number of hydrogen-bond donors (Lipinski definition) is 1. The molecule has 0 unspecified atom stereocenters. The van der Waals surface area contributed by atoms with Crippen molar-refractivity contribution in [1.29, 1.82) is 0 Å². The Balaban J connectivity index is 2.06. The number of carbonyl (C=O) groups excluding carboxylic acids is 1. The smallest absolute Gasteiger partial charge is 0.254 e. The minimum Gasteiger partial charge on any atom is -0.493 e. The summed E-state index contributed by atoms with van der Waals surface area (Å²) >= 11 is 0. The zero-order valence-corrected chi connectivity index (χ0v) is 14.6. The van der Waals surface area contributed by atoms with Crippen LogP contribution in [0, 0.1) is 11.8 Å². The Morgan fingerprint density at radius 2 is 2.17 bits per heavy atom. The number of methoxy groups -OCH3 is 1. The molecule has 1 aromatic carbocycles. The zero-order valence-electron chi connectivity index (χ0n) is 14.6. The first-order chi connectivity index (χ1) is 11.0. The Hall–Kier alpha value is -1.75. The number of carbonyl (C=O) groups is 1. The van der Waals surface area contributed by atoms with E-state index in [9.17, 15) is 4.79 Å². The monoisotopic (exact) mass is 320 g/mol. The van der Waals surface area contributed by atoms with Crippen LogP contribution in [0.5, 0.6) is 11.5 Å². The zero-order chi connectivity index (χ0) is 16.8. The fourth-order valence-corrected chi connectivity index (χ4v) is 2.83. The lowest BCUT2D eigenvalue weighted by Gasteiger charge is -2.18. The van der Waals surface area contributed by atoms with Crippen LogP contribution >= 0.6 is 0 Å². The summed E-state index contributed by atoms with van der Waals surface area (Å²) in [7, 11) is 3.55. The summed E-state index contributed by atoms with van der Waals surface area (Å²) in [4.78, 5) is 14.6. The maximum absolute atomic E-state index is 12.7. The summed E-state index contributed by atoms with van der Waals surface area (Å²) in [5.74, 6) is 2.35. The number of rotatable bonds is 7. The van der Waals surface area contributed by atoms with E-state index < -0.39 is 0 Å². The predicted octanol–water partition coefficient (Wildman–Crippen LogP) is 2.41. The normalized spacial score (nSPS) is 17.6. The van der Waals surface area contributed by atoms with Crippen molar-refractivity contribution in [1.82, 2.24) is 10.2 Å². The third kappa shape index (κ3) is 4.61. The molecule has 2 rings (SSSR count). The fraction of sp³-hybridized carbons (Fsp3) is 0.611. The Labute approximate surface area is 139 Å². The van der Waals surface area contributed by atoms with Gasteiger partial charge in [-0.2, -0.15) is 0 Å². The van der Waals surface area contributed by atoms with E-state index in [2.05, 4.69) is 19.2 Å². The van der Waals surface area contributed by atoms with E-state index in [0.29, 0.717) is 35.5 Å². The van der Waals surface area contributed by atoms with E-state index in [1.807, 2.05) is 24.1 Å². The Morgan fingerprint density at radius 3 is 2.83 bits per heavy atom. The van der Waals surface area contributed by atoms with Crippen molar-refractivity contribution in [3.05, 3.63) is 23.8 Å². The van der Waals surface area contributed by atoms with Crippen LogP contribution in [0.3, 0.4) is 0 Å². The molecule has 1 aromatic rings. The molecule has 1 amide bonds. The van der Waals surface area contributed by atoms with Gasteiger partial charge in [-0.1, -0.05) is 13.8 Å². The van der Waals surface area contributed by atoms with Gasteiger partial charge < -0.3 is 19.7 Å². The predicted molar refractivity (Wildman–Crippen MR) is 91.3 cm³/mol. The summed E-state index contributed by atoms with van der Waals surface area (Å²) in [6.45, 7) is 7.40. The lowest BCUT2D eigenvalue weighted by molar-refractivity contribution is 0.0786. The van der Waals surface area contributed by atoms with Gasteiger partial charge in [0.2, 0.25) is 0 Å². The third-order valence-corrected chi connectivity index (χ3v) is 4.05. The molecule has 5 heteroatoms. The van der Waals surface area contributed by atoms with Crippen molar-refractivity contribution in [3.8, 4) is 11.5 Å². The van der Waals surface area contributed by atoms with Crippen LogP contribution in [-0.2, 0) is 0 Å². The molecular formula is C18H28N2O3. The van der Waals surface area contributed by atoms with E-state index in [1.165, 1.54) is 0 Å². The topological polar surface area (TPSA) is 50.8 Å². The molecule has 5 nitrogen and oxygen atoms in total. The summed E-state index contributed by atoms with van der Waals surface area (Å²) in [5.41, 5.74) is 0.656. The Kier molecular flexibility index (Phi) is 6.28. The van der Waals surface area contributed by atoms with Crippen LogP contribution in [-0.4, -0.2) is 51.2 Å². The van der Waals surface area contributed by atoms with Gasteiger partial charge in [0.05, 0.1) is 13.7 Å². The Morgan fingerprint density at radius 1 is 1.39 bits per heavy atom. The highest BCUT2D eigenvalue weighted by Gasteiger charge is 2.27. The molecule has 1 atom stereocenters. The van der Waals surface area contributed by atoms with E-state index >= 15 is 0 Å². The average Bonchev–Trinajstić information content (AvgIpc) is 3.01. The largest absolute Gasteiger partial charge is 0.493 e. The van der Waals surface area contributed by atoms with E-state index in [-0.39, 0.29) is 5.91 Å². The molecule has 0 radical (unpaired) electrons. The molecule has 1 N–H and O–H groups in total. The van der Waals surface area contributed by atoms with Gasteiger partial charge >= 0.3 is 0 Å². The molecule has 1 aliphatic rings. The molecule has 0 aromatic heterocycles. The van der Waals surface area contributed by atoms with Gasteiger partial charge in [0.25, 0.3) is 5.91 Å². The van der Waals surface area contributed by atoms with Crippen LogP contribution in [0.2, 0.25) is 0 Å². The highest BCUT2D eigenvalue weighted by atomic mass is 16.5. The maximum Gasteiger partial charge on any atom is 0.254 e. The first kappa shape index (κ1) is 17.6. The average molecular weight is 320 g/mol. The van der Waals surface area contributed by atoms with E-state index in [0.717, 1.165) is 26.1 Å². The minimum atomic E-state index is 0.0670. The number of amides is 1. The van der Waals surface area contributed by atoms with Gasteiger partial charge in [0.15, 0.2) is 11.5 Å². The van der Waals surface area contributed by atoms with Crippen LogP contribution in [0.1, 0.15) is 30.6 Å². The molecule has 1 heterocycles. The standard InChI is InChI=1S/C18H28N2O3/c1-13(2)12-23-16-6-5-15(9-17(16)22-4)18(21)20-8-7-14(11-20)10-19-3/h5-6,9,13-14,19H,7-8,10-12H2,1-4H3/t14-/m1/s1. The number of benzene rings is 1. The van der Waals surface area contributed by atoms with Crippen molar-refractivity contribution in [2.45, 2.75) is 20.3 Å². The molecule has 1 fully saturated rings. The van der Waals surface area contributed by atoms with Gasteiger partial charge in [-0.25, -0.2) is 0 Å². The maximum atomic E-state index is 12.7. The quantitative estimate of drug-likeness (QED) is 0.838. The van der Waals surface area contributed by atoms with Crippen LogP contribution in [0.15, 0.2) is 18.2 Å². The number of nitrogens with zero attached hydrogens (tertiary/aromatic N) is 1. The summed E-state index contributed by atoms with van der Waals surface area (Å²) in [6, 6.07) is 5.44.